The third-order valence-corrected chi connectivity index (χ3v) is 3.18. The number of nitrogens with zero attached hydrogens (tertiary/aromatic N) is 1. The summed E-state index contributed by atoms with van der Waals surface area (Å²) in [6.45, 7) is 0. The highest BCUT2D eigenvalue weighted by molar-refractivity contribution is 5.49. The van der Waals surface area contributed by atoms with Crippen LogP contribution in [0.25, 0.3) is 0 Å². The van der Waals surface area contributed by atoms with E-state index in [9.17, 15) is 9.50 Å². The molecule has 1 aliphatic carbocycles. The second-order valence-electron chi connectivity index (χ2n) is 4.05. The topological polar surface area (TPSA) is 53.2 Å². The van der Waals surface area contributed by atoms with Crippen molar-refractivity contribution >= 4 is 0 Å². The van der Waals surface area contributed by atoms with Crippen LogP contribution in [0.2, 0.25) is 0 Å². The first-order chi connectivity index (χ1) is 7.63. The van der Waals surface area contributed by atoms with Gasteiger partial charge in [-0.05, 0) is 19.3 Å². The van der Waals surface area contributed by atoms with E-state index in [0.717, 1.165) is 6.42 Å². The fourth-order valence-electron chi connectivity index (χ4n) is 2.11. The van der Waals surface area contributed by atoms with Gasteiger partial charge >= 0.3 is 0 Å². The molecule has 1 aromatic carbocycles. The Kier molecular flexibility index (Phi) is 2.47. The first-order valence-corrected chi connectivity index (χ1v) is 5.11. The SMILES string of the molecule is COc1cc(O)c(C2(C#N)CCC2)c(F)c1. The van der Waals surface area contributed by atoms with E-state index in [-0.39, 0.29) is 17.1 Å². The molecule has 0 atom stereocenters. The highest BCUT2D eigenvalue weighted by atomic mass is 19.1. The van der Waals surface area contributed by atoms with Gasteiger partial charge in [-0.3, -0.25) is 0 Å². The standard InChI is InChI=1S/C12H12FNO2/c1-16-8-5-9(13)11(10(15)6-8)12(7-14)3-2-4-12/h5-6,15H,2-4H2,1H3. The lowest BCUT2D eigenvalue weighted by molar-refractivity contribution is 0.298. The van der Waals surface area contributed by atoms with E-state index in [1.165, 1.54) is 19.2 Å². The molecule has 0 aromatic heterocycles. The molecule has 84 valence electrons. The fourth-order valence-corrected chi connectivity index (χ4v) is 2.11. The number of rotatable bonds is 2. The van der Waals surface area contributed by atoms with Gasteiger partial charge in [0, 0.05) is 12.1 Å². The Bertz CT molecular complexity index is 438. The minimum absolute atomic E-state index is 0.113. The Balaban J connectivity index is 2.54. The van der Waals surface area contributed by atoms with Crippen LogP contribution < -0.4 is 4.74 Å². The van der Waals surface area contributed by atoms with Crippen molar-refractivity contribution in [2.45, 2.75) is 24.7 Å². The van der Waals surface area contributed by atoms with Gasteiger partial charge in [-0.25, -0.2) is 4.39 Å². The monoisotopic (exact) mass is 221 g/mol. The average Bonchev–Trinajstić information content (AvgIpc) is 2.20. The van der Waals surface area contributed by atoms with E-state index in [1.807, 2.05) is 0 Å². The minimum Gasteiger partial charge on any atom is -0.507 e. The average molecular weight is 221 g/mol. The molecule has 4 heteroatoms. The number of aromatic hydroxyl groups is 1. The zero-order valence-electron chi connectivity index (χ0n) is 8.96. The highest BCUT2D eigenvalue weighted by Gasteiger charge is 2.43. The fraction of sp³-hybridized carbons (Fsp3) is 0.417. The molecule has 0 unspecified atom stereocenters. The van der Waals surface area contributed by atoms with Gasteiger partial charge in [0.2, 0.25) is 0 Å². The zero-order valence-corrected chi connectivity index (χ0v) is 8.96. The van der Waals surface area contributed by atoms with E-state index >= 15 is 0 Å². The van der Waals surface area contributed by atoms with Crippen LogP contribution in [0, 0.1) is 17.1 Å². The summed E-state index contributed by atoms with van der Waals surface area (Å²) < 4.78 is 18.7. The first kappa shape index (κ1) is 10.7. The van der Waals surface area contributed by atoms with Crippen LogP contribution in [-0.2, 0) is 5.41 Å². The maximum absolute atomic E-state index is 13.8. The summed E-state index contributed by atoms with van der Waals surface area (Å²) in [4.78, 5) is 0. The Labute approximate surface area is 93.1 Å². The Morgan fingerprint density at radius 3 is 2.56 bits per heavy atom. The van der Waals surface area contributed by atoms with Crippen LogP contribution >= 0.6 is 0 Å². The number of methoxy groups -OCH3 is 1. The normalized spacial score (nSPS) is 17.3. The number of halogens is 1. The van der Waals surface area contributed by atoms with E-state index in [4.69, 9.17) is 10.00 Å². The van der Waals surface area contributed by atoms with Gasteiger partial charge in [0.1, 0.15) is 17.3 Å². The maximum Gasteiger partial charge on any atom is 0.135 e. The molecule has 0 radical (unpaired) electrons. The van der Waals surface area contributed by atoms with Crippen LogP contribution in [0.3, 0.4) is 0 Å². The molecule has 0 bridgehead atoms. The van der Waals surface area contributed by atoms with E-state index in [1.54, 1.807) is 0 Å². The summed E-state index contributed by atoms with van der Waals surface area (Å²) in [5.41, 5.74) is -0.734. The van der Waals surface area contributed by atoms with Crippen molar-refractivity contribution in [2.75, 3.05) is 7.11 Å². The van der Waals surface area contributed by atoms with E-state index < -0.39 is 11.2 Å². The largest absolute Gasteiger partial charge is 0.507 e. The Hall–Kier alpha value is -1.76. The summed E-state index contributed by atoms with van der Waals surface area (Å²) in [7, 11) is 1.40. The molecule has 1 saturated carbocycles. The quantitative estimate of drug-likeness (QED) is 0.834. The number of ether oxygens (including phenoxy) is 1. The molecule has 1 aromatic rings. The molecular formula is C12H12FNO2. The smallest absolute Gasteiger partial charge is 0.135 e. The van der Waals surface area contributed by atoms with Crippen LogP contribution in [0.4, 0.5) is 4.39 Å². The van der Waals surface area contributed by atoms with Crippen LogP contribution in [0.5, 0.6) is 11.5 Å². The van der Waals surface area contributed by atoms with Crippen molar-refractivity contribution in [2.24, 2.45) is 0 Å². The summed E-state index contributed by atoms with van der Waals surface area (Å²) in [6, 6.07) is 4.65. The summed E-state index contributed by atoms with van der Waals surface area (Å²) in [5, 5.41) is 18.9. The molecule has 3 nitrogen and oxygen atoms in total. The molecule has 2 rings (SSSR count). The second kappa shape index (κ2) is 3.67. The molecule has 0 saturated heterocycles. The van der Waals surface area contributed by atoms with Gasteiger partial charge in [-0.15, -0.1) is 0 Å². The van der Waals surface area contributed by atoms with Crippen molar-refractivity contribution in [1.29, 1.82) is 5.26 Å². The van der Waals surface area contributed by atoms with Gasteiger partial charge in [0.05, 0.1) is 24.2 Å². The maximum atomic E-state index is 13.8. The minimum atomic E-state index is -0.847. The number of phenols is 1. The lowest BCUT2D eigenvalue weighted by Crippen LogP contribution is -2.33. The number of hydrogen-bond donors (Lipinski definition) is 1. The Morgan fingerprint density at radius 2 is 2.19 bits per heavy atom. The van der Waals surface area contributed by atoms with E-state index in [2.05, 4.69) is 6.07 Å². The lowest BCUT2D eigenvalue weighted by Gasteiger charge is -2.36. The molecule has 0 heterocycles. The lowest BCUT2D eigenvalue weighted by atomic mass is 9.65. The van der Waals surface area contributed by atoms with Crippen LogP contribution in [-0.4, -0.2) is 12.2 Å². The molecule has 1 N–H and O–H groups in total. The van der Waals surface area contributed by atoms with Crippen LogP contribution in [0.15, 0.2) is 12.1 Å². The van der Waals surface area contributed by atoms with Crippen molar-refractivity contribution in [1.82, 2.24) is 0 Å². The highest BCUT2D eigenvalue weighted by Crippen LogP contribution is 2.48. The van der Waals surface area contributed by atoms with Gasteiger partial charge in [-0.2, -0.15) is 5.26 Å². The van der Waals surface area contributed by atoms with Crippen molar-refractivity contribution < 1.29 is 14.2 Å². The number of nitriles is 1. The van der Waals surface area contributed by atoms with Gasteiger partial charge in [-0.1, -0.05) is 0 Å². The molecule has 0 spiro atoms. The summed E-state index contributed by atoms with van der Waals surface area (Å²) >= 11 is 0. The molecule has 16 heavy (non-hydrogen) atoms. The second-order valence-corrected chi connectivity index (χ2v) is 4.05. The van der Waals surface area contributed by atoms with Crippen molar-refractivity contribution in [3.63, 3.8) is 0 Å². The van der Waals surface area contributed by atoms with Crippen molar-refractivity contribution in [3.8, 4) is 17.6 Å². The number of hydrogen-bond acceptors (Lipinski definition) is 3. The third kappa shape index (κ3) is 1.40. The summed E-state index contributed by atoms with van der Waals surface area (Å²) in [5.74, 6) is -0.512. The number of phenolic OH excluding ortho intramolecular Hbond substituents is 1. The molecule has 0 aliphatic heterocycles. The van der Waals surface area contributed by atoms with Gasteiger partial charge < -0.3 is 9.84 Å². The predicted octanol–water partition coefficient (Wildman–Crippen LogP) is 2.49. The van der Waals surface area contributed by atoms with Crippen LogP contribution in [0.1, 0.15) is 24.8 Å². The molecule has 1 aliphatic rings. The molecule has 1 fully saturated rings. The Morgan fingerprint density at radius 1 is 1.50 bits per heavy atom. The molecular weight excluding hydrogens is 209 g/mol. The third-order valence-electron chi connectivity index (χ3n) is 3.18. The first-order valence-electron chi connectivity index (χ1n) is 5.11. The molecule has 0 amide bonds. The summed E-state index contributed by atoms with van der Waals surface area (Å²) in [6.07, 6.45) is 2.08. The zero-order chi connectivity index (χ0) is 11.8. The predicted molar refractivity (Wildman–Crippen MR) is 55.8 cm³/mol. The van der Waals surface area contributed by atoms with Gasteiger partial charge in [0.15, 0.2) is 0 Å². The van der Waals surface area contributed by atoms with Crippen molar-refractivity contribution in [3.05, 3.63) is 23.5 Å². The number of benzene rings is 1. The van der Waals surface area contributed by atoms with E-state index in [0.29, 0.717) is 12.8 Å². The van der Waals surface area contributed by atoms with Gasteiger partial charge in [0.25, 0.3) is 0 Å².